The summed E-state index contributed by atoms with van der Waals surface area (Å²) < 4.78 is 0. The summed E-state index contributed by atoms with van der Waals surface area (Å²) in [5.74, 6) is 1.56. The number of anilines is 5. The second kappa shape index (κ2) is 7.89. The third-order valence-corrected chi connectivity index (χ3v) is 5.37. The van der Waals surface area contributed by atoms with Gasteiger partial charge in [-0.25, -0.2) is 4.98 Å². The van der Waals surface area contributed by atoms with Crippen LogP contribution >= 0.6 is 0 Å². The molecule has 1 N–H and O–H groups in total. The number of rotatable bonds is 6. The number of aryl methyl sites for hydroxylation is 1. The van der Waals surface area contributed by atoms with E-state index >= 15 is 0 Å². The molecule has 0 bridgehead atoms. The van der Waals surface area contributed by atoms with Gasteiger partial charge < -0.3 is 15.1 Å². The Morgan fingerprint density at radius 1 is 1.07 bits per heavy atom. The van der Waals surface area contributed by atoms with Crippen molar-refractivity contribution in [3.8, 4) is 0 Å². The lowest BCUT2D eigenvalue weighted by atomic mass is 10.1. The van der Waals surface area contributed by atoms with Crippen molar-refractivity contribution >= 4 is 28.8 Å². The van der Waals surface area contributed by atoms with Crippen LogP contribution in [-0.4, -0.2) is 29.6 Å². The first-order chi connectivity index (χ1) is 13.7. The number of nitrogens with zero attached hydrogens (tertiary/aromatic N) is 4. The van der Waals surface area contributed by atoms with Gasteiger partial charge in [-0.05, 0) is 68.7 Å². The normalized spacial score (nSPS) is 12.8. The summed E-state index contributed by atoms with van der Waals surface area (Å²) in [5.41, 5.74) is 6.09. The Hall–Kier alpha value is -3.08. The third kappa shape index (κ3) is 3.52. The Morgan fingerprint density at radius 3 is 2.68 bits per heavy atom. The molecule has 1 aliphatic rings. The third-order valence-electron chi connectivity index (χ3n) is 5.37. The topological polar surface area (TPSA) is 44.3 Å². The van der Waals surface area contributed by atoms with Gasteiger partial charge >= 0.3 is 0 Å². The van der Waals surface area contributed by atoms with Gasteiger partial charge in [-0.1, -0.05) is 18.2 Å². The fourth-order valence-electron chi connectivity index (χ4n) is 3.81. The standard InChI is InChI=1S/C23H27N5/c1-4-27(5-2)19-10-11-20(17(3)16-19)25-22-12-14-24-23(26-22)28-15-13-18-8-6-7-9-21(18)28/h6-12,14,16H,4-5,13,15H2,1-3H3,(H,24,25,26). The van der Waals surface area contributed by atoms with Crippen molar-refractivity contribution in [1.82, 2.24) is 9.97 Å². The monoisotopic (exact) mass is 373 g/mol. The highest BCUT2D eigenvalue weighted by molar-refractivity contribution is 5.68. The van der Waals surface area contributed by atoms with Gasteiger partial charge in [-0.15, -0.1) is 0 Å². The molecule has 5 nitrogen and oxygen atoms in total. The van der Waals surface area contributed by atoms with Gasteiger partial charge in [0.1, 0.15) is 5.82 Å². The van der Waals surface area contributed by atoms with Gasteiger partial charge in [0, 0.05) is 42.9 Å². The highest BCUT2D eigenvalue weighted by Gasteiger charge is 2.22. The molecule has 4 rings (SSSR count). The van der Waals surface area contributed by atoms with Crippen LogP contribution in [0, 0.1) is 6.92 Å². The largest absolute Gasteiger partial charge is 0.372 e. The lowest BCUT2D eigenvalue weighted by Crippen LogP contribution is -2.21. The van der Waals surface area contributed by atoms with Crippen LogP contribution in [0.1, 0.15) is 25.0 Å². The van der Waals surface area contributed by atoms with Crippen molar-refractivity contribution in [2.45, 2.75) is 27.2 Å². The van der Waals surface area contributed by atoms with Gasteiger partial charge in [-0.2, -0.15) is 4.98 Å². The van der Waals surface area contributed by atoms with Gasteiger partial charge in [0.15, 0.2) is 0 Å². The number of benzene rings is 2. The van der Waals surface area contributed by atoms with Crippen LogP contribution in [0.2, 0.25) is 0 Å². The van der Waals surface area contributed by atoms with E-state index in [0.717, 1.165) is 43.5 Å². The number of para-hydroxylation sites is 1. The second-order valence-corrected chi connectivity index (χ2v) is 7.07. The summed E-state index contributed by atoms with van der Waals surface area (Å²) in [5, 5.41) is 3.47. The first kappa shape index (κ1) is 18.3. The Balaban J connectivity index is 1.56. The molecule has 28 heavy (non-hydrogen) atoms. The molecule has 0 atom stereocenters. The molecule has 0 saturated carbocycles. The predicted molar refractivity (Wildman–Crippen MR) is 117 cm³/mol. The zero-order valence-electron chi connectivity index (χ0n) is 16.8. The Morgan fingerprint density at radius 2 is 1.89 bits per heavy atom. The maximum absolute atomic E-state index is 4.77. The molecule has 3 aromatic rings. The van der Waals surface area contributed by atoms with Crippen molar-refractivity contribution in [2.75, 3.05) is 34.8 Å². The van der Waals surface area contributed by atoms with Crippen molar-refractivity contribution in [3.05, 3.63) is 65.9 Å². The predicted octanol–water partition coefficient (Wildman–Crippen LogP) is 5.07. The molecule has 1 aliphatic heterocycles. The van der Waals surface area contributed by atoms with E-state index in [1.54, 1.807) is 0 Å². The van der Waals surface area contributed by atoms with E-state index in [1.165, 1.54) is 22.5 Å². The molecule has 2 aromatic carbocycles. The molecule has 1 aromatic heterocycles. The fourth-order valence-corrected chi connectivity index (χ4v) is 3.81. The SMILES string of the molecule is CCN(CC)c1ccc(Nc2ccnc(N3CCc4ccccc43)n2)c(C)c1. The molecule has 2 heterocycles. The number of hydrogen-bond acceptors (Lipinski definition) is 5. The quantitative estimate of drug-likeness (QED) is 0.653. The minimum atomic E-state index is 0.743. The summed E-state index contributed by atoms with van der Waals surface area (Å²) in [7, 11) is 0. The van der Waals surface area contributed by atoms with Crippen molar-refractivity contribution in [1.29, 1.82) is 0 Å². The minimum absolute atomic E-state index is 0.743. The first-order valence-corrected chi connectivity index (χ1v) is 10.0. The Labute approximate surface area is 167 Å². The van der Waals surface area contributed by atoms with Gasteiger partial charge in [0.05, 0.1) is 0 Å². The van der Waals surface area contributed by atoms with Crippen LogP contribution in [-0.2, 0) is 6.42 Å². The molecule has 0 fully saturated rings. The van der Waals surface area contributed by atoms with Crippen molar-refractivity contribution in [2.24, 2.45) is 0 Å². The fraction of sp³-hybridized carbons (Fsp3) is 0.304. The highest BCUT2D eigenvalue weighted by Crippen LogP contribution is 2.33. The zero-order chi connectivity index (χ0) is 19.5. The van der Waals surface area contributed by atoms with Crippen molar-refractivity contribution < 1.29 is 0 Å². The minimum Gasteiger partial charge on any atom is -0.372 e. The number of hydrogen-bond donors (Lipinski definition) is 1. The van der Waals surface area contributed by atoms with Crippen LogP contribution in [0.15, 0.2) is 54.7 Å². The first-order valence-electron chi connectivity index (χ1n) is 10.0. The van der Waals surface area contributed by atoms with Gasteiger partial charge in [-0.3, -0.25) is 0 Å². The van der Waals surface area contributed by atoms with Crippen LogP contribution in [0.25, 0.3) is 0 Å². The molecular formula is C23H27N5. The summed E-state index contributed by atoms with van der Waals surface area (Å²) in [6.45, 7) is 9.44. The molecule has 0 unspecified atom stereocenters. The Kier molecular flexibility index (Phi) is 5.15. The number of aromatic nitrogens is 2. The highest BCUT2D eigenvalue weighted by atomic mass is 15.3. The summed E-state index contributed by atoms with van der Waals surface area (Å²) >= 11 is 0. The van der Waals surface area contributed by atoms with Crippen molar-refractivity contribution in [3.63, 3.8) is 0 Å². The molecule has 0 radical (unpaired) electrons. The molecule has 144 valence electrons. The summed E-state index contributed by atoms with van der Waals surface area (Å²) in [6.07, 6.45) is 2.86. The van der Waals surface area contributed by atoms with Gasteiger partial charge in [0.2, 0.25) is 5.95 Å². The maximum Gasteiger partial charge on any atom is 0.231 e. The summed E-state index contributed by atoms with van der Waals surface area (Å²) in [6, 6.07) is 16.9. The second-order valence-electron chi connectivity index (χ2n) is 7.07. The van der Waals surface area contributed by atoms with Crippen LogP contribution in [0.4, 0.5) is 28.8 Å². The van der Waals surface area contributed by atoms with E-state index in [4.69, 9.17) is 4.98 Å². The average molecular weight is 374 g/mol. The zero-order valence-corrected chi connectivity index (χ0v) is 16.8. The average Bonchev–Trinajstić information content (AvgIpc) is 3.15. The van der Waals surface area contributed by atoms with E-state index < -0.39 is 0 Å². The number of nitrogens with one attached hydrogen (secondary N) is 1. The smallest absolute Gasteiger partial charge is 0.231 e. The van der Waals surface area contributed by atoms with E-state index in [0.29, 0.717) is 0 Å². The lowest BCUT2D eigenvalue weighted by molar-refractivity contribution is 0.866. The molecule has 5 heteroatoms. The molecule has 0 spiro atoms. The van der Waals surface area contributed by atoms with Crippen LogP contribution < -0.4 is 15.1 Å². The molecule has 0 amide bonds. The van der Waals surface area contributed by atoms with E-state index in [-0.39, 0.29) is 0 Å². The van der Waals surface area contributed by atoms with E-state index in [2.05, 4.69) is 83.3 Å². The van der Waals surface area contributed by atoms with E-state index in [9.17, 15) is 0 Å². The van der Waals surface area contributed by atoms with Crippen LogP contribution in [0.3, 0.4) is 0 Å². The lowest BCUT2D eigenvalue weighted by Gasteiger charge is -2.22. The molecule has 0 aliphatic carbocycles. The number of fused-ring (bicyclic) bond motifs is 1. The summed E-state index contributed by atoms with van der Waals surface area (Å²) in [4.78, 5) is 13.8. The molecular weight excluding hydrogens is 346 g/mol. The van der Waals surface area contributed by atoms with E-state index in [1.807, 2.05) is 12.3 Å². The Bertz CT molecular complexity index is 965. The van der Waals surface area contributed by atoms with Gasteiger partial charge in [0.25, 0.3) is 0 Å². The molecule has 0 saturated heterocycles. The van der Waals surface area contributed by atoms with Crippen LogP contribution in [0.5, 0.6) is 0 Å². The maximum atomic E-state index is 4.77.